The Morgan fingerprint density at radius 3 is 2.70 bits per heavy atom. The Morgan fingerprint density at radius 2 is 2.05 bits per heavy atom. The number of nitrogens with zero attached hydrogens (tertiary/aromatic N) is 1. The Balaban J connectivity index is 1.99. The van der Waals surface area contributed by atoms with Crippen molar-refractivity contribution in [3.63, 3.8) is 0 Å². The van der Waals surface area contributed by atoms with Gasteiger partial charge in [-0.3, -0.25) is 5.10 Å². The van der Waals surface area contributed by atoms with Gasteiger partial charge < -0.3 is 5.11 Å². The van der Waals surface area contributed by atoms with E-state index in [2.05, 4.69) is 10.2 Å². The number of aromatic nitrogens is 2. The first-order valence-corrected chi connectivity index (χ1v) is 7.05. The zero-order valence-electron chi connectivity index (χ0n) is 10.8. The second kappa shape index (κ2) is 5.19. The maximum Gasteiger partial charge on any atom is 0.123 e. The molecular formula is C15H13FN2OS. The van der Waals surface area contributed by atoms with Gasteiger partial charge in [-0.25, -0.2) is 4.39 Å². The van der Waals surface area contributed by atoms with Gasteiger partial charge in [-0.2, -0.15) is 5.10 Å². The van der Waals surface area contributed by atoms with Crippen molar-refractivity contribution in [2.24, 2.45) is 0 Å². The topological polar surface area (TPSA) is 48.9 Å². The van der Waals surface area contributed by atoms with Crippen molar-refractivity contribution in [3.05, 3.63) is 63.7 Å². The number of H-pyrrole nitrogens is 1. The molecule has 0 aliphatic rings. The molecule has 5 heteroatoms. The lowest BCUT2D eigenvalue weighted by Gasteiger charge is -2.09. The van der Waals surface area contributed by atoms with Crippen molar-refractivity contribution in [1.82, 2.24) is 10.2 Å². The Labute approximate surface area is 119 Å². The summed E-state index contributed by atoms with van der Waals surface area (Å²) in [7, 11) is 0. The van der Waals surface area contributed by atoms with Gasteiger partial charge in [0, 0.05) is 16.0 Å². The molecule has 2 N–H and O–H groups in total. The van der Waals surface area contributed by atoms with Crippen molar-refractivity contribution in [2.45, 2.75) is 13.0 Å². The maximum atomic E-state index is 13.0. The molecule has 1 atom stereocenters. The molecular weight excluding hydrogens is 275 g/mol. The first kappa shape index (κ1) is 13.0. The maximum absolute atomic E-state index is 13.0. The number of hydrogen-bond acceptors (Lipinski definition) is 3. The average molecular weight is 288 g/mol. The van der Waals surface area contributed by atoms with E-state index in [-0.39, 0.29) is 5.82 Å². The number of aliphatic hydroxyl groups is 1. The highest BCUT2D eigenvalue weighted by Gasteiger charge is 2.18. The quantitative estimate of drug-likeness (QED) is 0.772. The van der Waals surface area contributed by atoms with E-state index < -0.39 is 6.10 Å². The summed E-state index contributed by atoms with van der Waals surface area (Å²) < 4.78 is 13.0. The zero-order valence-corrected chi connectivity index (χ0v) is 11.6. The fraction of sp³-hybridized carbons (Fsp3) is 0.133. The summed E-state index contributed by atoms with van der Waals surface area (Å²) in [5.74, 6) is -0.288. The van der Waals surface area contributed by atoms with E-state index in [9.17, 15) is 9.50 Å². The van der Waals surface area contributed by atoms with Crippen LogP contribution in [0.4, 0.5) is 4.39 Å². The van der Waals surface area contributed by atoms with Crippen LogP contribution in [-0.2, 0) is 0 Å². The molecule has 102 valence electrons. The Hall–Kier alpha value is -1.98. The van der Waals surface area contributed by atoms with E-state index in [4.69, 9.17) is 0 Å². The number of aryl methyl sites for hydroxylation is 1. The fourth-order valence-corrected chi connectivity index (χ4v) is 2.86. The minimum atomic E-state index is -0.737. The number of aromatic amines is 1. The minimum absolute atomic E-state index is 0.288. The third kappa shape index (κ3) is 2.37. The third-order valence-corrected chi connectivity index (χ3v) is 4.04. The molecule has 0 bridgehead atoms. The van der Waals surface area contributed by atoms with Crippen molar-refractivity contribution in [2.75, 3.05) is 0 Å². The molecule has 2 aromatic heterocycles. The van der Waals surface area contributed by atoms with Gasteiger partial charge in [-0.05, 0) is 48.2 Å². The van der Waals surface area contributed by atoms with Crippen molar-refractivity contribution < 1.29 is 9.50 Å². The standard InChI is InChI=1S/C15H13FN2OS/c1-9-6-11(8-20-9)15(19)13-7-17-18-14(13)10-2-4-12(16)5-3-10/h2-8,15,19H,1H3,(H,17,18). The molecule has 2 heterocycles. The predicted molar refractivity (Wildman–Crippen MR) is 77.1 cm³/mol. The van der Waals surface area contributed by atoms with Gasteiger partial charge in [-0.1, -0.05) is 0 Å². The summed E-state index contributed by atoms with van der Waals surface area (Å²) in [6, 6.07) is 8.06. The second-order valence-corrected chi connectivity index (χ2v) is 5.72. The first-order valence-electron chi connectivity index (χ1n) is 6.17. The van der Waals surface area contributed by atoms with Crippen molar-refractivity contribution in [1.29, 1.82) is 0 Å². The Morgan fingerprint density at radius 1 is 1.30 bits per heavy atom. The van der Waals surface area contributed by atoms with Crippen LogP contribution in [0.3, 0.4) is 0 Å². The number of halogens is 1. The SMILES string of the molecule is Cc1cc(C(O)c2cn[nH]c2-c2ccc(F)cc2)cs1. The molecule has 3 nitrogen and oxygen atoms in total. The largest absolute Gasteiger partial charge is 0.383 e. The normalized spacial score (nSPS) is 12.6. The first-order chi connectivity index (χ1) is 9.65. The Bertz CT molecular complexity index is 718. The van der Waals surface area contributed by atoms with Gasteiger partial charge >= 0.3 is 0 Å². The summed E-state index contributed by atoms with van der Waals surface area (Å²) >= 11 is 1.59. The van der Waals surface area contributed by atoms with Gasteiger partial charge in [0.15, 0.2) is 0 Å². The number of thiophene rings is 1. The zero-order chi connectivity index (χ0) is 14.1. The van der Waals surface area contributed by atoms with Crippen LogP contribution in [0.25, 0.3) is 11.3 Å². The molecule has 0 saturated heterocycles. The Kier molecular flexibility index (Phi) is 3.38. The van der Waals surface area contributed by atoms with Crippen molar-refractivity contribution >= 4 is 11.3 Å². The van der Waals surface area contributed by atoms with Crippen LogP contribution in [0.15, 0.2) is 41.9 Å². The molecule has 3 rings (SSSR count). The van der Waals surface area contributed by atoms with Gasteiger partial charge in [-0.15, -0.1) is 11.3 Å². The molecule has 0 aliphatic carbocycles. The summed E-state index contributed by atoms with van der Waals surface area (Å²) in [6.45, 7) is 2.00. The smallest absolute Gasteiger partial charge is 0.123 e. The van der Waals surface area contributed by atoms with E-state index in [1.54, 1.807) is 29.7 Å². The van der Waals surface area contributed by atoms with Crippen LogP contribution in [-0.4, -0.2) is 15.3 Å². The monoisotopic (exact) mass is 288 g/mol. The lowest BCUT2D eigenvalue weighted by molar-refractivity contribution is 0.221. The molecule has 1 unspecified atom stereocenters. The van der Waals surface area contributed by atoms with Crippen LogP contribution in [0.5, 0.6) is 0 Å². The van der Waals surface area contributed by atoms with Crippen molar-refractivity contribution in [3.8, 4) is 11.3 Å². The van der Waals surface area contributed by atoms with E-state index in [0.29, 0.717) is 11.3 Å². The van der Waals surface area contributed by atoms with Crippen LogP contribution >= 0.6 is 11.3 Å². The molecule has 0 fully saturated rings. The number of hydrogen-bond donors (Lipinski definition) is 2. The molecule has 0 radical (unpaired) electrons. The highest BCUT2D eigenvalue weighted by Crippen LogP contribution is 2.32. The predicted octanol–water partition coefficient (Wildman–Crippen LogP) is 3.67. The highest BCUT2D eigenvalue weighted by molar-refractivity contribution is 7.10. The molecule has 0 spiro atoms. The lowest BCUT2D eigenvalue weighted by Crippen LogP contribution is -1.98. The van der Waals surface area contributed by atoms with Gasteiger partial charge in [0.05, 0.1) is 11.9 Å². The second-order valence-electron chi connectivity index (χ2n) is 4.60. The average Bonchev–Trinajstić information content (AvgIpc) is 3.07. The molecule has 0 saturated carbocycles. The number of aliphatic hydroxyl groups excluding tert-OH is 1. The molecule has 0 amide bonds. The minimum Gasteiger partial charge on any atom is -0.383 e. The summed E-state index contributed by atoms with van der Waals surface area (Å²) in [5.41, 5.74) is 3.04. The number of rotatable bonds is 3. The fourth-order valence-electron chi connectivity index (χ4n) is 2.14. The summed E-state index contributed by atoms with van der Waals surface area (Å²) in [4.78, 5) is 1.14. The van der Waals surface area contributed by atoms with Crippen LogP contribution in [0.1, 0.15) is 22.1 Å². The van der Waals surface area contributed by atoms with E-state index in [1.807, 2.05) is 18.4 Å². The lowest BCUT2D eigenvalue weighted by atomic mass is 10.0. The van der Waals surface area contributed by atoms with E-state index in [0.717, 1.165) is 16.0 Å². The van der Waals surface area contributed by atoms with Crippen LogP contribution in [0.2, 0.25) is 0 Å². The number of benzene rings is 1. The molecule has 20 heavy (non-hydrogen) atoms. The van der Waals surface area contributed by atoms with E-state index >= 15 is 0 Å². The third-order valence-electron chi connectivity index (χ3n) is 3.16. The summed E-state index contributed by atoms with van der Waals surface area (Å²) in [5, 5.41) is 19.3. The van der Waals surface area contributed by atoms with Crippen LogP contribution in [0, 0.1) is 12.7 Å². The van der Waals surface area contributed by atoms with E-state index in [1.165, 1.54) is 12.1 Å². The molecule has 1 aromatic carbocycles. The summed E-state index contributed by atoms with van der Waals surface area (Å²) in [6.07, 6.45) is 0.870. The number of nitrogens with one attached hydrogen (secondary N) is 1. The van der Waals surface area contributed by atoms with Crippen LogP contribution < -0.4 is 0 Å². The highest BCUT2D eigenvalue weighted by atomic mass is 32.1. The van der Waals surface area contributed by atoms with Gasteiger partial charge in [0.25, 0.3) is 0 Å². The van der Waals surface area contributed by atoms with Gasteiger partial charge in [0.1, 0.15) is 11.9 Å². The van der Waals surface area contributed by atoms with Gasteiger partial charge in [0.2, 0.25) is 0 Å². The molecule has 3 aromatic rings. The molecule has 0 aliphatic heterocycles.